The van der Waals surface area contributed by atoms with Crippen LogP contribution in [0.1, 0.15) is 20.8 Å². The topological polar surface area (TPSA) is 0 Å². The minimum Gasteiger partial charge on any atom is -0.0774 e. The highest BCUT2D eigenvalue weighted by atomic mass is 28.2. The molecule has 0 aliphatic heterocycles. The van der Waals surface area contributed by atoms with Crippen LogP contribution in [0.25, 0.3) is 0 Å². The van der Waals surface area contributed by atoms with Crippen LogP contribution in [0.3, 0.4) is 0 Å². The molecule has 0 spiro atoms. The average Bonchev–Trinajstić information content (AvgIpc) is 1.88. The molecule has 10 heavy (non-hydrogen) atoms. The summed E-state index contributed by atoms with van der Waals surface area (Å²) in [6, 6.07) is 6.43. The van der Waals surface area contributed by atoms with Gasteiger partial charge in [0, 0.05) is 8.40 Å². The molecule has 0 bridgehead atoms. The summed E-state index contributed by atoms with van der Waals surface area (Å²) in [5.74, 6) is 0. The fourth-order valence-corrected chi connectivity index (χ4v) is 2.69. The Kier molecular flexibility index (Phi) is 2.04. The van der Waals surface area contributed by atoms with Crippen molar-refractivity contribution in [3.8, 4) is 0 Å². The van der Waals surface area contributed by atoms with E-state index in [1.165, 1.54) is 0 Å². The van der Waals surface area contributed by atoms with Crippen molar-refractivity contribution in [1.82, 2.24) is 0 Å². The van der Waals surface area contributed by atoms with E-state index in [9.17, 15) is 0 Å². The Balaban J connectivity index is 2.97. The van der Waals surface area contributed by atoms with Gasteiger partial charge < -0.3 is 0 Å². The van der Waals surface area contributed by atoms with Crippen LogP contribution in [-0.2, 0) is 5.04 Å². The van der Waals surface area contributed by atoms with Gasteiger partial charge in [-0.25, -0.2) is 0 Å². The van der Waals surface area contributed by atoms with Crippen LogP contribution in [0.4, 0.5) is 0 Å². The van der Waals surface area contributed by atoms with Crippen LogP contribution < -0.4 is 0 Å². The molecule has 0 aliphatic carbocycles. The van der Waals surface area contributed by atoms with Gasteiger partial charge >= 0.3 is 0 Å². The molecule has 1 aromatic rings. The minimum atomic E-state index is -0.356. The zero-order valence-electron chi connectivity index (χ0n) is 6.89. The van der Waals surface area contributed by atoms with Crippen LogP contribution in [-0.4, -0.2) is 8.40 Å². The largest absolute Gasteiger partial charge is 0.0774 e. The molecule has 0 radical (unpaired) electrons. The van der Waals surface area contributed by atoms with Gasteiger partial charge in [-0.05, 0) is 5.04 Å². The molecule has 0 nitrogen and oxygen atoms in total. The second-order valence-corrected chi connectivity index (χ2v) is 6.69. The predicted molar refractivity (Wildman–Crippen MR) is 47.4 cm³/mol. The zero-order valence-corrected chi connectivity index (χ0v) is 7.89. The Hall–Kier alpha value is -0.433. The molecule has 0 aromatic carbocycles. The van der Waals surface area contributed by atoms with Crippen LogP contribution in [0, 0.1) is 0 Å². The highest BCUT2D eigenvalue weighted by Gasteiger charge is 2.12. The lowest BCUT2D eigenvalue weighted by Gasteiger charge is -2.17. The third-order valence-corrected chi connectivity index (χ3v) is 4.47. The van der Waals surface area contributed by atoms with Crippen LogP contribution in [0.15, 0.2) is 29.6 Å². The zero-order chi connectivity index (χ0) is 7.61. The monoisotopic (exact) mass is 150 g/mol. The van der Waals surface area contributed by atoms with E-state index in [1.807, 2.05) is 0 Å². The van der Waals surface area contributed by atoms with Gasteiger partial charge in [-0.15, -0.1) is 0 Å². The van der Waals surface area contributed by atoms with Gasteiger partial charge in [0.05, 0.1) is 0 Å². The van der Waals surface area contributed by atoms with Crippen molar-refractivity contribution >= 4 is 8.40 Å². The molecule has 1 heterocycles. The first-order chi connectivity index (χ1) is 4.61. The van der Waals surface area contributed by atoms with E-state index in [0.717, 1.165) is 0 Å². The number of rotatable bonds is 0. The molecule has 54 valence electrons. The highest BCUT2D eigenvalue weighted by Crippen LogP contribution is 2.10. The molecule has 0 saturated carbocycles. The van der Waals surface area contributed by atoms with E-state index in [0.29, 0.717) is 5.04 Å². The van der Waals surface area contributed by atoms with Crippen molar-refractivity contribution in [2.45, 2.75) is 25.8 Å². The predicted octanol–water partition coefficient (Wildman–Crippen LogP) is 2.47. The Morgan fingerprint density at radius 3 is 1.70 bits per heavy atom. The van der Waals surface area contributed by atoms with Gasteiger partial charge in [-0.3, -0.25) is 0 Å². The van der Waals surface area contributed by atoms with Gasteiger partial charge in [0.25, 0.3) is 0 Å². The van der Waals surface area contributed by atoms with Crippen LogP contribution in [0.2, 0.25) is 0 Å². The van der Waals surface area contributed by atoms with Gasteiger partial charge in [-0.1, -0.05) is 50.3 Å². The number of hydrogen-bond acceptors (Lipinski definition) is 0. The minimum absolute atomic E-state index is 0.356. The summed E-state index contributed by atoms with van der Waals surface area (Å²) < 4.78 is 0. The Labute approximate surface area is 64.4 Å². The third kappa shape index (κ3) is 1.77. The van der Waals surface area contributed by atoms with E-state index in [1.54, 1.807) is 0 Å². The van der Waals surface area contributed by atoms with Crippen molar-refractivity contribution in [2.24, 2.45) is 0 Å². The second-order valence-electron chi connectivity index (χ2n) is 3.62. The molecule has 0 saturated heterocycles. The normalized spacial score (nSPS) is 11.5. The molecule has 0 amide bonds. The van der Waals surface area contributed by atoms with E-state index < -0.39 is 0 Å². The first kappa shape index (κ1) is 7.67. The molecule has 0 atom stereocenters. The fraction of sp³-hybridized carbons (Fsp3) is 0.444. The summed E-state index contributed by atoms with van der Waals surface area (Å²) in [6.07, 6.45) is 0. The maximum Gasteiger partial charge on any atom is 0.0427 e. The van der Waals surface area contributed by atoms with Crippen LogP contribution in [0.5, 0.6) is 0 Å². The molecule has 0 aliphatic rings. The van der Waals surface area contributed by atoms with E-state index in [-0.39, 0.29) is 8.40 Å². The van der Waals surface area contributed by atoms with E-state index in [2.05, 4.69) is 50.3 Å². The maximum atomic E-state index is 2.35. The second kappa shape index (κ2) is 2.66. The summed E-state index contributed by atoms with van der Waals surface area (Å²) in [4.78, 5) is 0. The average molecular weight is 150 g/mol. The maximum absolute atomic E-state index is 2.35. The molecular formula is C9H14Si. The first-order valence-electron chi connectivity index (χ1n) is 3.66. The molecule has 0 N–H and O–H groups in total. The fourth-order valence-electron chi connectivity index (χ4n) is 0.938. The number of hydrogen-bond donors (Lipinski definition) is 0. The van der Waals surface area contributed by atoms with Crippen LogP contribution >= 0.6 is 0 Å². The summed E-state index contributed by atoms with van der Waals surface area (Å²) in [5.41, 5.74) is 4.70. The Morgan fingerprint density at radius 2 is 1.40 bits per heavy atom. The quantitative estimate of drug-likeness (QED) is 0.498. The Bertz CT molecular complexity index is 196. The highest BCUT2D eigenvalue weighted by molar-refractivity contribution is 6.52. The molecule has 0 fully saturated rings. The van der Waals surface area contributed by atoms with Gasteiger partial charge in [0.1, 0.15) is 0 Å². The lowest BCUT2D eigenvalue weighted by atomic mass is 10.2. The van der Waals surface area contributed by atoms with Crippen molar-refractivity contribution < 1.29 is 0 Å². The SMILES string of the molecule is CC(C)(C)[si]1ccccc1. The summed E-state index contributed by atoms with van der Waals surface area (Å²) in [7, 11) is -0.356. The molecule has 1 aromatic heterocycles. The van der Waals surface area contributed by atoms with E-state index in [4.69, 9.17) is 0 Å². The summed E-state index contributed by atoms with van der Waals surface area (Å²) >= 11 is 0. The molecular weight excluding hydrogens is 136 g/mol. The third-order valence-electron chi connectivity index (χ3n) is 1.64. The van der Waals surface area contributed by atoms with Gasteiger partial charge in [-0.2, -0.15) is 0 Å². The van der Waals surface area contributed by atoms with Crippen molar-refractivity contribution in [3.63, 3.8) is 0 Å². The van der Waals surface area contributed by atoms with Gasteiger partial charge in [0.15, 0.2) is 0 Å². The lowest BCUT2D eigenvalue weighted by molar-refractivity contribution is 0.696. The lowest BCUT2D eigenvalue weighted by Crippen LogP contribution is -2.22. The molecule has 1 rings (SSSR count). The molecule has 1 heteroatoms. The van der Waals surface area contributed by atoms with Crippen molar-refractivity contribution in [3.05, 3.63) is 29.6 Å². The van der Waals surface area contributed by atoms with Gasteiger partial charge in [0.2, 0.25) is 0 Å². The summed E-state index contributed by atoms with van der Waals surface area (Å²) in [5, 5.41) is 0.478. The van der Waals surface area contributed by atoms with E-state index >= 15 is 0 Å². The smallest absolute Gasteiger partial charge is 0.0427 e. The molecule has 0 unspecified atom stereocenters. The van der Waals surface area contributed by atoms with Crippen molar-refractivity contribution in [1.29, 1.82) is 0 Å². The summed E-state index contributed by atoms with van der Waals surface area (Å²) in [6.45, 7) is 6.92. The standard InChI is InChI=1S/C9H14Si/c1-9(2,3)10-7-5-4-6-8-10/h4-8H,1-3H3. The Morgan fingerprint density at radius 1 is 0.900 bits per heavy atom. The van der Waals surface area contributed by atoms with Crippen molar-refractivity contribution in [2.75, 3.05) is 0 Å². The first-order valence-corrected chi connectivity index (χ1v) is 5.32.